The Morgan fingerprint density at radius 1 is 1.13 bits per heavy atom. The van der Waals surface area contributed by atoms with Gasteiger partial charge in [-0.2, -0.15) is 10.6 Å². The molecule has 6 rings (SSSR count). The lowest BCUT2D eigenvalue weighted by Gasteiger charge is -2.42. The molecule has 2 heterocycles. The number of carbonyl (C=O) groups is 1. The minimum absolute atomic E-state index is 0.0800. The van der Waals surface area contributed by atoms with E-state index in [0.717, 1.165) is 53.2 Å². The highest BCUT2D eigenvalue weighted by molar-refractivity contribution is 8.24. The molecule has 1 amide bonds. The Balaban J connectivity index is 1.51. The molecule has 6 nitrogen and oxygen atoms in total. The highest BCUT2D eigenvalue weighted by Crippen LogP contribution is 2.53. The number of aromatic nitrogens is 1. The van der Waals surface area contributed by atoms with Crippen molar-refractivity contribution in [3.8, 4) is 0 Å². The zero-order valence-corrected chi connectivity index (χ0v) is 19.2. The molecule has 3 N–H and O–H groups in total. The third-order valence-corrected chi connectivity index (χ3v) is 9.10. The van der Waals surface area contributed by atoms with Crippen molar-refractivity contribution in [1.29, 1.82) is 0 Å². The van der Waals surface area contributed by atoms with Crippen molar-refractivity contribution in [3.63, 3.8) is 0 Å². The molecule has 2 aromatic rings. The van der Waals surface area contributed by atoms with Crippen molar-refractivity contribution >= 4 is 39.5 Å². The van der Waals surface area contributed by atoms with Gasteiger partial charge in [-0.3, -0.25) is 13.9 Å². The average molecular weight is 462 g/mol. The predicted molar refractivity (Wildman–Crippen MR) is 126 cm³/mol. The van der Waals surface area contributed by atoms with E-state index < -0.39 is 10.6 Å². The number of nitrogens with one attached hydrogen (secondary N) is 1. The number of hydrogen-bond donors (Lipinski definition) is 3. The van der Waals surface area contributed by atoms with E-state index in [1.165, 1.54) is 5.56 Å². The molecule has 1 saturated heterocycles. The van der Waals surface area contributed by atoms with Gasteiger partial charge in [-0.05, 0) is 73.3 Å². The molecule has 166 valence electrons. The Kier molecular flexibility index (Phi) is 5.41. The normalized spacial score (nSPS) is 25.1. The Morgan fingerprint density at radius 3 is 2.42 bits per heavy atom. The largest absolute Gasteiger partial charge is 0.354 e. The highest BCUT2D eigenvalue weighted by Gasteiger charge is 2.39. The fraction of sp³-hybridized carbons (Fsp3) is 0.478. The molecule has 2 fully saturated rings. The molecular weight excluding hydrogens is 434 g/mol. The number of benzene rings is 1. The second kappa shape index (κ2) is 7.96. The first-order valence-electron chi connectivity index (χ1n) is 10.9. The first kappa shape index (κ1) is 21.1. The van der Waals surface area contributed by atoms with Crippen LogP contribution in [0.2, 0.25) is 5.02 Å². The monoisotopic (exact) mass is 461 g/mol. The van der Waals surface area contributed by atoms with Crippen LogP contribution < -0.4 is 5.32 Å². The number of carbonyl (C=O) groups excluding carboxylic acids is 1. The van der Waals surface area contributed by atoms with E-state index >= 15 is 0 Å². The molecule has 4 aliphatic rings. The van der Waals surface area contributed by atoms with Crippen molar-refractivity contribution < 1.29 is 13.9 Å². The quantitative estimate of drug-likeness (QED) is 0.542. The van der Waals surface area contributed by atoms with Crippen LogP contribution in [-0.2, 0) is 0 Å². The molecule has 3 aliphatic carbocycles. The van der Waals surface area contributed by atoms with E-state index in [2.05, 4.69) is 10.3 Å². The van der Waals surface area contributed by atoms with Gasteiger partial charge >= 0.3 is 0 Å². The number of fused-ring (bicyclic) bond motifs is 2. The predicted octanol–water partition coefficient (Wildman–Crippen LogP) is 5.75. The summed E-state index contributed by atoms with van der Waals surface area (Å²) in [4.78, 5) is 19.8. The molecule has 8 heteroatoms. The number of halogens is 1. The van der Waals surface area contributed by atoms with Crippen molar-refractivity contribution in [2.75, 3.05) is 29.9 Å². The summed E-state index contributed by atoms with van der Waals surface area (Å²) < 4.78 is 19.8. The fourth-order valence-electron chi connectivity index (χ4n) is 5.24. The molecule has 2 bridgehead atoms. The van der Waals surface area contributed by atoms with Crippen LogP contribution in [0.1, 0.15) is 64.7 Å². The summed E-state index contributed by atoms with van der Waals surface area (Å²) in [6, 6.07) is 5.94. The first-order chi connectivity index (χ1) is 14.8. The van der Waals surface area contributed by atoms with Gasteiger partial charge in [0, 0.05) is 23.8 Å². The van der Waals surface area contributed by atoms with Crippen LogP contribution in [0.15, 0.2) is 24.4 Å². The van der Waals surface area contributed by atoms with Gasteiger partial charge in [-0.15, -0.1) is 0 Å². The molecule has 1 aromatic heterocycles. The summed E-state index contributed by atoms with van der Waals surface area (Å²) in [6.45, 7) is 2.72. The zero-order chi connectivity index (χ0) is 21.8. The second-order valence-corrected chi connectivity index (χ2v) is 11.8. The van der Waals surface area contributed by atoms with E-state index in [1.54, 1.807) is 11.1 Å². The minimum Gasteiger partial charge on any atom is -0.354 e. The summed E-state index contributed by atoms with van der Waals surface area (Å²) in [5.41, 5.74) is 5.81. The van der Waals surface area contributed by atoms with Crippen molar-refractivity contribution in [3.05, 3.63) is 51.8 Å². The van der Waals surface area contributed by atoms with Crippen LogP contribution in [-0.4, -0.2) is 49.5 Å². The molecule has 0 unspecified atom stereocenters. The van der Waals surface area contributed by atoms with Gasteiger partial charge in [-0.1, -0.05) is 17.7 Å². The zero-order valence-electron chi connectivity index (χ0n) is 17.6. The topological polar surface area (TPSA) is 85.7 Å². The van der Waals surface area contributed by atoms with Crippen LogP contribution in [0.25, 0.3) is 0 Å². The number of rotatable bonds is 3. The Morgan fingerprint density at radius 2 is 1.77 bits per heavy atom. The number of hydrogen-bond acceptors (Lipinski definition) is 5. The Labute approximate surface area is 189 Å². The number of pyridine rings is 1. The van der Waals surface area contributed by atoms with Crippen molar-refractivity contribution in [2.45, 2.75) is 44.4 Å². The SMILES string of the molecule is Cc1ccc(Nc2cnc(C(=O)N3CCS(O)(O)CC3)c3c2C2CCC3CC2)cc1Cl. The highest BCUT2D eigenvalue weighted by atomic mass is 35.5. The van der Waals surface area contributed by atoms with E-state index in [1.807, 2.05) is 25.1 Å². The van der Waals surface area contributed by atoms with Gasteiger partial charge < -0.3 is 10.2 Å². The molecule has 1 saturated carbocycles. The minimum atomic E-state index is -2.54. The molecule has 0 spiro atoms. The maximum Gasteiger partial charge on any atom is 0.272 e. The van der Waals surface area contributed by atoms with Crippen molar-refractivity contribution in [1.82, 2.24) is 9.88 Å². The first-order valence-corrected chi connectivity index (χ1v) is 13.2. The van der Waals surface area contributed by atoms with Crippen LogP contribution >= 0.6 is 22.2 Å². The lowest BCUT2D eigenvalue weighted by molar-refractivity contribution is 0.0759. The molecule has 31 heavy (non-hydrogen) atoms. The van der Waals surface area contributed by atoms with Gasteiger partial charge in [0.15, 0.2) is 0 Å². The van der Waals surface area contributed by atoms with Crippen LogP contribution in [0.4, 0.5) is 11.4 Å². The summed E-state index contributed by atoms with van der Waals surface area (Å²) in [7, 11) is -2.54. The van der Waals surface area contributed by atoms with Crippen LogP contribution in [0.5, 0.6) is 0 Å². The number of anilines is 2. The smallest absolute Gasteiger partial charge is 0.272 e. The summed E-state index contributed by atoms with van der Waals surface area (Å²) >= 11 is 6.32. The number of amides is 1. The third-order valence-electron chi connectivity index (χ3n) is 7.02. The van der Waals surface area contributed by atoms with Crippen LogP contribution in [0.3, 0.4) is 0 Å². The molecule has 1 aliphatic heterocycles. The summed E-state index contributed by atoms with van der Waals surface area (Å²) in [5, 5.41) is 4.23. The maximum absolute atomic E-state index is 13.4. The molecule has 1 aromatic carbocycles. The maximum atomic E-state index is 13.4. The standard InChI is InChI=1S/C23H28ClN3O3S/c1-14-2-7-17(12-18(14)24)26-19-13-25-22(21-16-5-3-15(4-6-16)20(19)21)23(28)27-8-10-31(29,30)11-9-27/h2,7,12-13,15-16,26,29-30H,3-6,8-11H2,1H3. The van der Waals surface area contributed by atoms with Gasteiger partial charge in [0.1, 0.15) is 5.69 Å². The lowest BCUT2D eigenvalue weighted by atomic mass is 9.66. The average Bonchev–Trinajstić information content (AvgIpc) is 2.77. The van der Waals surface area contributed by atoms with E-state index in [9.17, 15) is 13.9 Å². The van der Waals surface area contributed by atoms with Gasteiger partial charge in [0.05, 0.1) is 23.4 Å². The lowest BCUT2D eigenvalue weighted by Crippen LogP contribution is -2.43. The van der Waals surface area contributed by atoms with E-state index in [4.69, 9.17) is 11.6 Å². The second-order valence-electron chi connectivity index (χ2n) is 8.99. The summed E-state index contributed by atoms with van der Waals surface area (Å²) in [6.07, 6.45) is 6.27. The number of aryl methyl sites for hydroxylation is 1. The van der Waals surface area contributed by atoms with Crippen LogP contribution in [0, 0.1) is 6.92 Å². The molecule has 0 radical (unpaired) electrons. The Bertz CT molecular complexity index is 1030. The van der Waals surface area contributed by atoms with Crippen molar-refractivity contribution in [2.24, 2.45) is 0 Å². The Hall–Kier alpha value is -1.80. The summed E-state index contributed by atoms with van der Waals surface area (Å²) in [5.74, 6) is 1.22. The fourth-order valence-corrected chi connectivity index (χ4v) is 6.65. The van der Waals surface area contributed by atoms with Gasteiger partial charge in [-0.25, -0.2) is 4.98 Å². The van der Waals surface area contributed by atoms with Gasteiger partial charge in [0.2, 0.25) is 0 Å². The molecular formula is C23H28ClN3O3S. The van der Waals surface area contributed by atoms with Gasteiger partial charge in [0.25, 0.3) is 5.91 Å². The van der Waals surface area contributed by atoms with E-state index in [0.29, 0.717) is 30.6 Å². The molecule has 0 atom stereocenters. The van der Waals surface area contributed by atoms with E-state index in [-0.39, 0.29) is 17.4 Å². The number of nitrogens with zero attached hydrogens (tertiary/aromatic N) is 2. The third kappa shape index (κ3) is 3.93.